The minimum absolute atomic E-state index is 0. The molecule has 0 heterocycles. The first-order chi connectivity index (χ1) is 9.74. The Bertz CT molecular complexity index is 500. The lowest BCUT2D eigenvalue weighted by Gasteiger charge is -2.09. The van der Waals surface area contributed by atoms with Crippen molar-refractivity contribution in [3.63, 3.8) is 0 Å². The Balaban J connectivity index is 0.00000220. The largest absolute Gasteiger partial charge is 0.489 e. The zero-order valence-electron chi connectivity index (χ0n) is 12.2. The van der Waals surface area contributed by atoms with Gasteiger partial charge in [-0.2, -0.15) is 0 Å². The minimum atomic E-state index is -0.316. The fraction of sp³-hybridized carbons (Fsp3) is 0.294. The van der Waals surface area contributed by atoms with Gasteiger partial charge in [-0.1, -0.05) is 42.5 Å². The molecule has 1 unspecified atom stereocenters. The second kappa shape index (κ2) is 9.40. The summed E-state index contributed by atoms with van der Waals surface area (Å²) in [5.74, 6) is 0.869. The van der Waals surface area contributed by atoms with Gasteiger partial charge in [0, 0.05) is 13.1 Å². The van der Waals surface area contributed by atoms with Crippen LogP contribution in [0.15, 0.2) is 54.6 Å². The third-order valence-corrected chi connectivity index (χ3v) is 2.94. The highest BCUT2D eigenvalue weighted by atomic mass is 35.5. The van der Waals surface area contributed by atoms with Crippen molar-refractivity contribution in [2.24, 2.45) is 0 Å². The Hall–Kier alpha value is -1.55. The second-order valence-electron chi connectivity index (χ2n) is 4.90. The first kappa shape index (κ1) is 17.5. The number of ether oxygens (including phenoxy) is 1. The highest BCUT2D eigenvalue weighted by Crippen LogP contribution is 2.14. The van der Waals surface area contributed by atoms with Crippen LogP contribution >= 0.6 is 12.4 Å². The average molecular weight is 308 g/mol. The zero-order valence-corrected chi connectivity index (χ0v) is 13.0. The number of hydrogen-bond donors (Lipinski definition) is 2. The molecule has 0 aromatic heterocycles. The molecule has 2 aromatic carbocycles. The van der Waals surface area contributed by atoms with Gasteiger partial charge in [-0.3, -0.25) is 0 Å². The van der Waals surface area contributed by atoms with Gasteiger partial charge >= 0.3 is 0 Å². The molecule has 0 fully saturated rings. The van der Waals surface area contributed by atoms with E-state index in [1.165, 1.54) is 5.56 Å². The van der Waals surface area contributed by atoms with Crippen molar-refractivity contribution in [1.82, 2.24) is 5.32 Å². The topological polar surface area (TPSA) is 41.5 Å². The smallest absolute Gasteiger partial charge is 0.119 e. The lowest BCUT2D eigenvalue weighted by molar-refractivity contribution is 0.191. The first-order valence-corrected chi connectivity index (χ1v) is 6.88. The van der Waals surface area contributed by atoms with Crippen molar-refractivity contribution in [2.45, 2.75) is 26.2 Å². The molecule has 0 saturated heterocycles. The fourth-order valence-electron chi connectivity index (χ4n) is 1.87. The first-order valence-electron chi connectivity index (χ1n) is 6.88. The molecule has 114 valence electrons. The molecule has 0 amide bonds. The molecule has 0 aliphatic carbocycles. The summed E-state index contributed by atoms with van der Waals surface area (Å²) in [5, 5.41) is 12.4. The van der Waals surface area contributed by atoms with Crippen LogP contribution in [-0.2, 0) is 13.2 Å². The van der Waals surface area contributed by atoms with E-state index in [1.54, 1.807) is 6.92 Å². The Morgan fingerprint density at radius 3 is 2.29 bits per heavy atom. The normalized spacial score (nSPS) is 11.5. The van der Waals surface area contributed by atoms with Gasteiger partial charge in [0.25, 0.3) is 0 Å². The maximum Gasteiger partial charge on any atom is 0.119 e. The molecular formula is C17H22ClNO2. The molecule has 4 heteroatoms. The van der Waals surface area contributed by atoms with E-state index < -0.39 is 0 Å². The number of halogens is 1. The van der Waals surface area contributed by atoms with Gasteiger partial charge in [0.1, 0.15) is 12.4 Å². The van der Waals surface area contributed by atoms with Gasteiger partial charge in [0.2, 0.25) is 0 Å². The summed E-state index contributed by atoms with van der Waals surface area (Å²) in [6, 6.07) is 18.1. The SMILES string of the molecule is CC(O)CNCc1ccc(OCc2ccccc2)cc1.Cl. The van der Waals surface area contributed by atoms with E-state index in [4.69, 9.17) is 4.74 Å². The molecule has 0 spiro atoms. The van der Waals surface area contributed by atoms with Gasteiger partial charge in [-0.25, -0.2) is 0 Å². The average Bonchev–Trinajstić information content (AvgIpc) is 2.47. The minimum Gasteiger partial charge on any atom is -0.489 e. The second-order valence-corrected chi connectivity index (χ2v) is 4.90. The number of benzene rings is 2. The Labute approximate surface area is 132 Å². The molecule has 0 bridgehead atoms. The molecular weight excluding hydrogens is 286 g/mol. The number of aliphatic hydroxyl groups is 1. The lowest BCUT2D eigenvalue weighted by atomic mass is 10.2. The van der Waals surface area contributed by atoms with Crippen LogP contribution in [0.1, 0.15) is 18.1 Å². The summed E-state index contributed by atoms with van der Waals surface area (Å²) in [5.41, 5.74) is 2.34. The van der Waals surface area contributed by atoms with Crippen LogP contribution in [-0.4, -0.2) is 17.8 Å². The molecule has 1 atom stereocenters. The zero-order chi connectivity index (χ0) is 14.2. The van der Waals surface area contributed by atoms with Crippen LogP contribution in [0, 0.1) is 0 Å². The summed E-state index contributed by atoms with van der Waals surface area (Å²) >= 11 is 0. The van der Waals surface area contributed by atoms with Crippen LogP contribution in [0.3, 0.4) is 0 Å². The van der Waals surface area contributed by atoms with Gasteiger partial charge in [0.15, 0.2) is 0 Å². The Morgan fingerprint density at radius 1 is 1.00 bits per heavy atom. The summed E-state index contributed by atoms with van der Waals surface area (Å²) in [6.45, 7) is 3.71. The van der Waals surface area contributed by atoms with E-state index in [1.807, 2.05) is 54.6 Å². The van der Waals surface area contributed by atoms with E-state index in [-0.39, 0.29) is 18.5 Å². The van der Waals surface area contributed by atoms with Crippen molar-refractivity contribution in [3.05, 3.63) is 65.7 Å². The molecule has 0 radical (unpaired) electrons. The van der Waals surface area contributed by atoms with E-state index in [2.05, 4.69) is 5.32 Å². The van der Waals surface area contributed by atoms with Crippen LogP contribution < -0.4 is 10.1 Å². The summed E-state index contributed by atoms with van der Waals surface area (Å²) in [7, 11) is 0. The van der Waals surface area contributed by atoms with Crippen molar-refractivity contribution in [1.29, 1.82) is 0 Å². The monoisotopic (exact) mass is 307 g/mol. The van der Waals surface area contributed by atoms with Crippen molar-refractivity contribution < 1.29 is 9.84 Å². The highest BCUT2D eigenvalue weighted by Gasteiger charge is 1.98. The molecule has 3 nitrogen and oxygen atoms in total. The van der Waals surface area contributed by atoms with Gasteiger partial charge in [0.05, 0.1) is 6.10 Å². The van der Waals surface area contributed by atoms with Crippen LogP contribution in [0.4, 0.5) is 0 Å². The van der Waals surface area contributed by atoms with Gasteiger partial charge in [-0.15, -0.1) is 12.4 Å². The Kier molecular flexibility index (Phi) is 7.83. The highest BCUT2D eigenvalue weighted by molar-refractivity contribution is 5.85. The summed E-state index contributed by atoms with van der Waals surface area (Å²) < 4.78 is 5.73. The predicted octanol–water partition coefficient (Wildman–Crippen LogP) is 3.16. The molecule has 0 aliphatic rings. The maximum atomic E-state index is 9.17. The van der Waals surface area contributed by atoms with E-state index in [9.17, 15) is 5.11 Å². The standard InChI is InChI=1S/C17H21NO2.ClH/c1-14(19)11-18-12-15-7-9-17(10-8-15)20-13-16-5-3-2-4-6-16;/h2-10,14,18-19H,11-13H2,1H3;1H. The van der Waals surface area contributed by atoms with Crippen molar-refractivity contribution in [2.75, 3.05) is 6.54 Å². The fourth-order valence-corrected chi connectivity index (χ4v) is 1.87. The predicted molar refractivity (Wildman–Crippen MR) is 87.9 cm³/mol. The van der Waals surface area contributed by atoms with Crippen molar-refractivity contribution in [3.8, 4) is 5.75 Å². The molecule has 21 heavy (non-hydrogen) atoms. The van der Waals surface area contributed by atoms with Crippen LogP contribution in [0.2, 0.25) is 0 Å². The van der Waals surface area contributed by atoms with Crippen molar-refractivity contribution >= 4 is 12.4 Å². The molecule has 0 saturated carbocycles. The third-order valence-electron chi connectivity index (χ3n) is 2.94. The number of hydrogen-bond acceptors (Lipinski definition) is 3. The Morgan fingerprint density at radius 2 is 1.67 bits per heavy atom. The van der Waals surface area contributed by atoms with Gasteiger partial charge < -0.3 is 15.2 Å². The maximum absolute atomic E-state index is 9.17. The van der Waals surface area contributed by atoms with Crippen LogP contribution in [0.5, 0.6) is 5.75 Å². The van der Waals surface area contributed by atoms with E-state index in [0.717, 1.165) is 17.9 Å². The molecule has 0 aliphatic heterocycles. The quantitative estimate of drug-likeness (QED) is 0.825. The van der Waals surface area contributed by atoms with Crippen LogP contribution in [0.25, 0.3) is 0 Å². The summed E-state index contributed by atoms with van der Waals surface area (Å²) in [4.78, 5) is 0. The third kappa shape index (κ3) is 6.63. The molecule has 2 rings (SSSR count). The molecule has 2 aromatic rings. The van der Waals surface area contributed by atoms with Gasteiger partial charge in [-0.05, 0) is 30.2 Å². The number of nitrogens with one attached hydrogen (secondary N) is 1. The number of rotatable bonds is 7. The van der Waals surface area contributed by atoms with E-state index in [0.29, 0.717) is 13.2 Å². The molecule has 2 N–H and O–H groups in total. The number of aliphatic hydroxyl groups excluding tert-OH is 1. The summed E-state index contributed by atoms with van der Waals surface area (Å²) in [6.07, 6.45) is -0.316. The van der Waals surface area contributed by atoms with E-state index >= 15 is 0 Å². The lowest BCUT2D eigenvalue weighted by Crippen LogP contribution is -2.23.